The molecule has 1 aliphatic heterocycles. The number of benzene rings is 1. The van der Waals surface area contributed by atoms with Crippen LogP contribution in [0.4, 0.5) is 5.82 Å². The second-order valence-electron chi connectivity index (χ2n) is 4.45. The topological polar surface area (TPSA) is 34.0 Å². The Morgan fingerprint density at radius 1 is 1.05 bits per heavy atom. The summed E-state index contributed by atoms with van der Waals surface area (Å²) in [6.07, 6.45) is 1.83. The molecule has 19 heavy (non-hydrogen) atoms. The van der Waals surface area contributed by atoms with Gasteiger partial charge in [0.25, 0.3) is 0 Å². The number of fused-ring (bicyclic) bond motifs is 3. The van der Waals surface area contributed by atoms with Gasteiger partial charge < -0.3 is 9.47 Å². The number of thioether (sulfide) groups is 1. The van der Waals surface area contributed by atoms with E-state index in [1.807, 2.05) is 30.5 Å². The number of anilines is 1. The minimum Gasteiger partial charge on any atom is -0.329 e. The molecule has 0 saturated carbocycles. The van der Waals surface area contributed by atoms with Crippen LogP contribution in [0.15, 0.2) is 53.8 Å². The van der Waals surface area contributed by atoms with Crippen LogP contribution < -0.4 is 4.90 Å². The molecule has 3 heterocycles. The molecule has 1 aromatic carbocycles. The standard InChI is InChI=1S/C14H12N4S/c1-2-6-12-11(5-1)16-14-18(12)9-17(10-19-14)13-7-3-4-8-15-13/h1-8H,9-10H2. The highest BCUT2D eigenvalue weighted by Gasteiger charge is 2.20. The van der Waals surface area contributed by atoms with Gasteiger partial charge in [-0.05, 0) is 24.3 Å². The van der Waals surface area contributed by atoms with E-state index in [-0.39, 0.29) is 0 Å². The molecule has 4 rings (SSSR count). The van der Waals surface area contributed by atoms with E-state index in [1.165, 1.54) is 5.52 Å². The number of hydrogen-bond acceptors (Lipinski definition) is 4. The van der Waals surface area contributed by atoms with E-state index in [1.54, 1.807) is 11.8 Å². The maximum Gasteiger partial charge on any atom is 0.172 e. The first kappa shape index (κ1) is 10.9. The summed E-state index contributed by atoms with van der Waals surface area (Å²) in [5.41, 5.74) is 2.25. The van der Waals surface area contributed by atoms with Crippen molar-refractivity contribution in [1.29, 1.82) is 0 Å². The molecule has 0 aliphatic carbocycles. The zero-order valence-electron chi connectivity index (χ0n) is 10.2. The van der Waals surface area contributed by atoms with Crippen molar-refractivity contribution in [2.75, 3.05) is 10.8 Å². The van der Waals surface area contributed by atoms with Crippen molar-refractivity contribution in [1.82, 2.24) is 14.5 Å². The van der Waals surface area contributed by atoms with Crippen LogP contribution in [0.25, 0.3) is 11.0 Å². The van der Waals surface area contributed by atoms with Gasteiger partial charge in [-0.2, -0.15) is 0 Å². The Kier molecular flexibility index (Phi) is 2.45. The van der Waals surface area contributed by atoms with Crippen molar-refractivity contribution in [3.8, 4) is 0 Å². The number of hydrogen-bond donors (Lipinski definition) is 0. The molecular weight excluding hydrogens is 256 g/mol. The Bertz CT molecular complexity index is 723. The predicted octanol–water partition coefficient (Wildman–Crippen LogP) is 2.96. The van der Waals surface area contributed by atoms with E-state index in [0.717, 1.165) is 29.0 Å². The van der Waals surface area contributed by atoms with Crippen LogP contribution in [0, 0.1) is 0 Å². The van der Waals surface area contributed by atoms with Gasteiger partial charge in [0.05, 0.1) is 23.6 Å². The maximum atomic E-state index is 4.66. The molecule has 0 atom stereocenters. The van der Waals surface area contributed by atoms with Gasteiger partial charge in [0, 0.05) is 6.20 Å². The van der Waals surface area contributed by atoms with E-state index >= 15 is 0 Å². The summed E-state index contributed by atoms with van der Waals surface area (Å²) in [6.45, 7) is 0.805. The second-order valence-corrected chi connectivity index (χ2v) is 5.37. The molecule has 0 saturated heterocycles. The third kappa shape index (κ3) is 1.77. The molecule has 2 aromatic heterocycles. The Morgan fingerprint density at radius 2 is 1.95 bits per heavy atom. The number of para-hydroxylation sites is 2. The fourth-order valence-corrected chi connectivity index (χ4v) is 3.29. The monoisotopic (exact) mass is 268 g/mol. The summed E-state index contributed by atoms with van der Waals surface area (Å²) in [6, 6.07) is 14.3. The molecule has 0 fully saturated rings. The molecule has 0 radical (unpaired) electrons. The number of imidazole rings is 1. The minimum atomic E-state index is 0.805. The Hall–Kier alpha value is -2.01. The molecule has 4 nitrogen and oxygen atoms in total. The molecule has 0 N–H and O–H groups in total. The number of aromatic nitrogens is 3. The highest BCUT2D eigenvalue weighted by atomic mass is 32.2. The van der Waals surface area contributed by atoms with Crippen LogP contribution in [0.1, 0.15) is 0 Å². The van der Waals surface area contributed by atoms with Crippen LogP contribution in [-0.4, -0.2) is 20.4 Å². The molecule has 1 aliphatic rings. The number of pyridine rings is 1. The molecule has 0 unspecified atom stereocenters. The van der Waals surface area contributed by atoms with Crippen molar-refractivity contribution in [2.45, 2.75) is 11.8 Å². The first-order valence-corrected chi connectivity index (χ1v) is 7.14. The summed E-state index contributed by atoms with van der Waals surface area (Å²) < 4.78 is 2.25. The Morgan fingerprint density at radius 3 is 2.84 bits per heavy atom. The maximum absolute atomic E-state index is 4.66. The smallest absolute Gasteiger partial charge is 0.172 e. The van der Waals surface area contributed by atoms with Crippen LogP contribution in [0.5, 0.6) is 0 Å². The first-order valence-electron chi connectivity index (χ1n) is 6.16. The zero-order valence-corrected chi connectivity index (χ0v) is 11.0. The lowest BCUT2D eigenvalue weighted by Crippen LogP contribution is -2.30. The quantitative estimate of drug-likeness (QED) is 0.679. The van der Waals surface area contributed by atoms with Gasteiger partial charge in [0.2, 0.25) is 0 Å². The molecule has 94 valence electrons. The largest absolute Gasteiger partial charge is 0.329 e. The average Bonchev–Trinajstić information content (AvgIpc) is 2.86. The Balaban J connectivity index is 1.77. The van der Waals surface area contributed by atoms with E-state index in [4.69, 9.17) is 0 Å². The highest BCUT2D eigenvalue weighted by molar-refractivity contribution is 7.99. The van der Waals surface area contributed by atoms with Crippen LogP contribution in [0.2, 0.25) is 0 Å². The van der Waals surface area contributed by atoms with Crippen molar-refractivity contribution >= 4 is 28.6 Å². The Labute approximate surface area is 115 Å². The molecule has 0 bridgehead atoms. The van der Waals surface area contributed by atoms with E-state index in [9.17, 15) is 0 Å². The SMILES string of the molecule is c1ccc(N2CSc3nc4ccccc4n3C2)nc1. The van der Waals surface area contributed by atoms with Crippen LogP contribution in [-0.2, 0) is 6.67 Å². The molecule has 0 amide bonds. The highest BCUT2D eigenvalue weighted by Crippen LogP contribution is 2.30. The van der Waals surface area contributed by atoms with Gasteiger partial charge in [0.15, 0.2) is 5.16 Å². The predicted molar refractivity (Wildman–Crippen MR) is 77.2 cm³/mol. The van der Waals surface area contributed by atoms with E-state index < -0.39 is 0 Å². The minimum absolute atomic E-state index is 0.805. The van der Waals surface area contributed by atoms with Gasteiger partial charge >= 0.3 is 0 Å². The van der Waals surface area contributed by atoms with Gasteiger partial charge in [0.1, 0.15) is 5.82 Å². The summed E-state index contributed by atoms with van der Waals surface area (Å²) in [5.74, 6) is 1.90. The van der Waals surface area contributed by atoms with Crippen molar-refractivity contribution in [2.24, 2.45) is 0 Å². The summed E-state index contributed by atoms with van der Waals surface area (Å²) in [5, 5.41) is 1.09. The first-order chi connectivity index (χ1) is 9.42. The summed E-state index contributed by atoms with van der Waals surface area (Å²) in [7, 11) is 0. The molecule has 0 spiro atoms. The van der Waals surface area contributed by atoms with Gasteiger partial charge in [-0.25, -0.2) is 9.97 Å². The average molecular weight is 268 g/mol. The summed E-state index contributed by atoms with van der Waals surface area (Å²) >= 11 is 1.76. The van der Waals surface area contributed by atoms with Gasteiger partial charge in [-0.1, -0.05) is 30.0 Å². The second kappa shape index (κ2) is 4.28. The molecule has 5 heteroatoms. The van der Waals surface area contributed by atoms with Crippen LogP contribution >= 0.6 is 11.8 Å². The lowest BCUT2D eigenvalue weighted by molar-refractivity contribution is 0.614. The van der Waals surface area contributed by atoms with Crippen molar-refractivity contribution in [3.63, 3.8) is 0 Å². The molecule has 3 aromatic rings. The third-order valence-electron chi connectivity index (χ3n) is 3.25. The summed E-state index contributed by atoms with van der Waals surface area (Å²) in [4.78, 5) is 11.3. The van der Waals surface area contributed by atoms with E-state index in [0.29, 0.717) is 0 Å². The third-order valence-corrected chi connectivity index (χ3v) is 4.27. The fourth-order valence-electron chi connectivity index (χ4n) is 2.33. The van der Waals surface area contributed by atoms with Gasteiger partial charge in [-0.3, -0.25) is 0 Å². The lowest BCUT2D eigenvalue weighted by atomic mass is 10.3. The zero-order chi connectivity index (χ0) is 12.7. The number of nitrogens with zero attached hydrogens (tertiary/aromatic N) is 4. The molecular formula is C14H12N4S. The fraction of sp³-hybridized carbons (Fsp3) is 0.143. The van der Waals surface area contributed by atoms with Crippen molar-refractivity contribution in [3.05, 3.63) is 48.7 Å². The lowest BCUT2D eigenvalue weighted by Gasteiger charge is -2.28. The number of rotatable bonds is 1. The van der Waals surface area contributed by atoms with E-state index in [2.05, 4.69) is 37.6 Å². The van der Waals surface area contributed by atoms with Gasteiger partial charge in [-0.15, -0.1) is 0 Å². The van der Waals surface area contributed by atoms with Crippen molar-refractivity contribution < 1.29 is 0 Å². The van der Waals surface area contributed by atoms with Crippen LogP contribution in [0.3, 0.4) is 0 Å². The normalized spacial score (nSPS) is 14.6.